The minimum absolute atomic E-state index is 1.10. The predicted octanol–water partition coefficient (Wildman–Crippen LogP) is 9.49. The summed E-state index contributed by atoms with van der Waals surface area (Å²) in [5, 5.41) is 0. The minimum atomic E-state index is 1.10. The zero-order valence-electron chi connectivity index (χ0n) is 21.3. The molecule has 5 aromatic rings. The standard InChI is InChI=1S/C36H33N/c1-3-13-33(14-4-1)37(34-15-5-2-6-16-34)35-25-23-32(24-26-35)36-27-30-11-7-9-28-17-19-29(20-18-28)10-8-12-31(36)22-21-30/h1-6,13-27H,7-12H2. The number of benzene rings is 5. The average molecular weight is 480 g/mol. The number of anilines is 3. The van der Waals surface area contributed by atoms with Gasteiger partial charge in [-0.05, 0) is 108 Å². The van der Waals surface area contributed by atoms with Crippen molar-refractivity contribution >= 4 is 17.1 Å². The summed E-state index contributed by atoms with van der Waals surface area (Å²) in [5.41, 5.74) is 12.0. The lowest BCUT2D eigenvalue weighted by atomic mass is 9.91. The van der Waals surface area contributed by atoms with Gasteiger partial charge in [0.05, 0.1) is 0 Å². The average Bonchev–Trinajstić information content (AvgIpc) is 2.96. The van der Waals surface area contributed by atoms with E-state index in [0.717, 1.165) is 25.7 Å². The summed E-state index contributed by atoms with van der Waals surface area (Å²) >= 11 is 0. The molecule has 182 valence electrons. The van der Waals surface area contributed by atoms with Gasteiger partial charge in [0.2, 0.25) is 0 Å². The molecule has 0 unspecified atom stereocenters. The van der Waals surface area contributed by atoms with Gasteiger partial charge in [-0.1, -0.05) is 91.0 Å². The van der Waals surface area contributed by atoms with Crippen molar-refractivity contribution in [2.75, 3.05) is 4.90 Å². The quantitative estimate of drug-likeness (QED) is 0.248. The molecule has 4 aliphatic rings. The fourth-order valence-electron chi connectivity index (χ4n) is 5.51. The van der Waals surface area contributed by atoms with Crippen LogP contribution in [-0.4, -0.2) is 0 Å². The molecule has 1 nitrogen and oxygen atoms in total. The molecule has 0 radical (unpaired) electrons. The number of hydrogen-bond donors (Lipinski definition) is 0. The van der Waals surface area contributed by atoms with Gasteiger partial charge >= 0.3 is 0 Å². The molecule has 4 aliphatic carbocycles. The Hall–Kier alpha value is -4.10. The number of nitrogens with zero attached hydrogens (tertiary/aromatic N) is 1. The van der Waals surface area contributed by atoms with Gasteiger partial charge in [0.15, 0.2) is 0 Å². The zero-order chi connectivity index (χ0) is 24.9. The van der Waals surface area contributed by atoms with Crippen molar-refractivity contribution < 1.29 is 0 Å². The van der Waals surface area contributed by atoms with E-state index in [9.17, 15) is 0 Å². The van der Waals surface area contributed by atoms with Crippen LogP contribution in [-0.2, 0) is 25.7 Å². The number of aryl methyl sites for hydroxylation is 4. The van der Waals surface area contributed by atoms with E-state index in [2.05, 4.69) is 132 Å². The lowest BCUT2D eigenvalue weighted by Crippen LogP contribution is -2.09. The van der Waals surface area contributed by atoms with E-state index in [1.165, 1.54) is 63.3 Å². The van der Waals surface area contributed by atoms with Crippen molar-refractivity contribution in [3.05, 3.63) is 150 Å². The van der Waals surface area contributed by atoms with Gasteiger partial charge in [-0.3, -0.25) is 0 Å². The molecule has 9 rings (SSSR count). The van der Waals surface area contributed by atoms with Crippen LogP contribution >= 0.6 is 0 Å². The van der Waals surface area contributed by atoms with Gasteiger partial charge < -0.3 is 4.90 Å². The molecule has 0 aliphatic heterocycles. The second kappa shape index (κ2) is 10.9. The first-order chi connectivity index (χ1) is 18.3. The molecular weight excluding hydrogens is 446 g/mol. The molecule has 0 atom stereocenters. The molecule has 5 aromatic carbocycles. The second-order valence-electron chi connectivity index (χ2n) is 10.1. The first-order valence-corrected chi connectivity index (χ1v) is 13.5. The molecule has 0 fully saturated rings. The van der Waals surface area contributed by atoms with E-state index in [1.807, 2.05) is 0 Å². The number of para-hydroxylation sites is 2. The maximum absolute atomic E-state index is 2.45. The van der Waals surface area contributed by atoms with Crippen LogP contribution in [0, 0.1) is 0 Å². The highest BCUT2D eigenvalue weighted by Crippen LogP contribution is 2.36. The Kier molecular flexibility index (Phi) is 6.86. The van der Waals surface area contributed by atoms with Crippen LogP contribution in [0.2, 0.25) is 0 Å². The topological polar surface area (TPSA) is 3.24 Å². The molecular formula is C36H33N. The third-order valence-corrected chi connectivity index (χ3v) is 7.51. The molecule has 0 heterocycles. The van der Waals surface area contributed by atoms with Crippen LogP contribution in [0.4, 0.5) is 17.1 Å². The van der Waals surface area contributed by atoms with E-state index in [-0.39, 0.29) is 0 Å². The van der Waals surface area contributed by atoms with Crippen LogP contribution in [0.5, 0.6) is 0 Å². The van der Waals surface area contributed by atoms with Crippen molar-refractivity contribution in [3.63, 3.8) is 0 Å². The van der Waals surface area contributed by atoms with Crippen molar-refractivity contribution in [3.8, 4) is 11.1 Å². The maximum atomic E-state index is 2.45. The van der Waals surface area contributed by atoms with Gasteiger partial charge in [0, 0.05) is 17.1 Å². The van der Waals surface area contributed by atoms with E-state index < -0.39 is 0 Å². The predicted molar refractivity (Wildman–Crippen MR) is 157 cm³/mol. The highest BCUT2D eigenvalue weighted by atomic mass is 15.1. The maximum Gasteiger partial charge on any atom is 0.0462 e. The van der Waals surface area contributed by atoms with Gasteiger partial charge in [0.1, 0.15) is 0 Å². The highest BCUT2D eigenvalue weighted by molar-refractivity contribution is 5.78. The number of rotatable bonds is 4. The van der Waals surface area contributed by atoms with Crippen molar-refractivity contribution in [2.45, 2.75) is 38.5 Å². The van der Waals surface area contributed by atoms with Gasteiger partial charge in [-0.25, -0.2) is 0 Å². The Morgan fingerprint density at radius 2 is 0.892 bits per heavy atom. The summed E-state index contributed by atoms with van der Waals surface area (Å²) in [7, 11) is 0. The van der Waals surface area contributed by atoms with Gasteiger partial charge in [-0.15, -0.1) is 0 Å². The minimum Gasteiger partial charge on any atom is -0.311 e. The summed E-state index contributed by atoms with van der Waals surface area (Å²) in [6.07, 6.45) is 6.83. The van der Waals surface area contributed by atoms with E-state index in [0.29, 0.717) is 0 Å². The molecule has 0 spiro atoms. The second-order valence-corrected chi connectivity index (χ2v) is 10.1. The Bertz CT molecular complexity index is 1400. The van der Waals surface area contributed by atoms with Crippen LogP contribution < -0.4 is 4.90 Å². The van der Waals surface area contributed by atoms with Crippen LogP contribution in [0.1, 0.15) is 35.1 Å². The first-order valence-electron chi connectivity index (χ1n) is 13.5. The third-order valence-electron chi connectivity index (χ3n) is 7.51. The highest BCUT2D eigenvalue weighted by Gasteiger charge is 2.13. The SMILES string of the molecule is c1ccc(N(c2ccccc2)c2ccc(-c3cc4ccc3CCCc3ccc(cc3)CCC4)cc2)cc1. The fourth-order valence-corrected chi connectivity index (χ4v) is 5.51. The van der Waals surface area contributed by atoms with E-state index >= 15 is 0 Å². The Morgan fingerprint density at radius 3 is 1.49 bits per heavy atom. The largest absolute Gasteiger partial charge is 0.311 e. The lowest BCUT2D eigenvalue weighted by molar-refractivity contribution is 0.801. The summed E-state index contributed by atoms with van der Waals surface area (Å²) in [6, 6.07) is 46.9. The summed E-state index contributed by atoms with van der Waals surface area (Å²) in [4.78, 5) is 2.32. The van der Waals surface area contributed by atoms with Crippen LogP contribution in [0.15, 0.2) is 127 Å². The molecule has 4 bridgehead atoms. The van der Waals surface area contributed by atoms with Crippen LogP contribution in [0.3, 0.4) is 0 Å². The normalized spacial score (nSPS) is 13.3. The molecule has 1 heteroatoms. The van der Waals surface area contributed by atoms with Crippen molar-refractivity contribution in [1.29, 1.82) is 0 Å². The molecule has 0 aromatic heterocycles. The Balaban J connectivity index is 1.33. The smallest absolute Gasteiger partial charge is 0.0462 e. The summed E-state index contributed by atoms with van der Waals surface area (Å²) in [6.45, 7) is 0. The molecule has 0 saturated carbocycles. The molecule has 0 saturated heterocycles. The summed E-state index contributed by atoms with van der Waals surface area (Å²) < 4.78 is 0. The third kappa shape index (κ3) is 5.37. The van der Waals surface area contributed by atoms with Gasteiger partial charge in [0.25, 0.3) is 0 Å². The van der Waals surface area contributed by atoms with Gasteiger partial charge in [-0.2, -0.15) is 0 Å². The summed E-state index contributed by atoms with van der Waals surface area (Å²) in [5.74, 6) is 0. The van der Waals surface area contributed by atoms with Crippen LogP contribution in [0.25, 0.3) is 11.1 Å². The van der Waals surface area contributed by atoms with Crippen molar-refractivity contribution in [2.24, 2.45) is 0 Å². The number of hydrogen-bond acceptors (Lipinski definition) is 1. The Labute approximate surface area is 221 Å². The zero-order valence-corrected chi connectivity index (χ0v) is 21.3. The molecule has 37 heavy (non-hydrogen) atoms. The fraction of sp³-hybridized carbons (Fsp3) is 0.167. The van der Waals surface area contributed by atoms with Crippen molar-refractivity contribution in [1.82, 2.24) is 0 Å². The molecule has 0 amide bonds. The lowest BCUT2D eigenvalue weighted by Gasteiger charge is -2.25. The molecule has 0 N–H and O–H groups in total. The first kappa shape index (κ1) is 23.3. The van der Waals surface area contributed by atoms with E-state index in [4.69, 9.17) is 0 Å². The Morgan fingerprint density at radius 1 is 0.405 bits per heavy atom. The monoisotopic (exact) mass is 479 g/mol. The van der Waals surface area contributed by atoms with E-state index in [1.54, 1.807) is 0 Å².